The van der Waals surface area contributed by atoms with Gasteiger partial charge in [-0.2, -0.15) is 0 Å². The lowest BCUT2D eigenvalue weighted by atomic mass is 9.98. The Labute approximate surface area is 219 Å². The number of ether oxygens (including phenoxy) is 2. The summed E-state index contributed by atoms with van der Waals surface area (Å²) in [5.74, 6) is -0.273. The molecule has 1 atom stereocenters. The number of halogens is 1. The van der Waals surface area contributed by atoms with Crippen LogP contribution in [0.1, 0.15) is 38.8 Å². The molecular weight excluding hydrogens is 489 g/mol. The molecule has 0 unspecified atom stereocenters. The maximum absolute atomic E-state index is 14.1. The van der Waals surface area contributed by atoms with Crippen LogP contribution in [0.4, 0.5) is 10.1 Å². The fourth-order valence-electron chi connectivity index (χ4n) is 4.26. The fraction of sp³-hybridized carbons (Fsp3) is 0.286. The van der Waals surface area contributed by atoms with Crippen molar-refractivity contribution in [3.63, 3.8) is 0 Å². The summed E-state index contributed by atoms with van der Waals surface area (Å²) in [5, 5.41) is 11.3. The first-order chi connectivity index (χ1) is 18.3. The maximum Gasteiger partial charge on any atom is 0.249 e. The van der Waals surface area contributed by atoms with Crippen molar-refractivity contribution >= 4 is 28.5 Å². The number of nitrogens with zero attached hydrogens (tertiary/aromatic N) is 4. The molecule has 0 spiro atoms. The Hall–Kier alpha value is -4.47. The van der Waals surface area contributed by atoms with E-state index in [0.29, 0.717) is 40.2 Å². The van der Waals surface area contributed by atoms with Gasteiger partial charge >= 0.3 is 0 Å². The molecule has 2 heterocycles. The van der Waals surface area contributed by atoms with Gasteiger partial charge in [-0.15, -0.1) is 5.10 Å². The second-order valence-corrected chi connectivity index (χ2v) is 9.72. The minimum absolute atomic E-state index is 0.0598. The Morgan fingerprint density at radius 3 is 2.58 bits per heavy atom. The van der Waals surface area contributed by atoms with Crippen LogP contribution in [-0.2, 0) is 16.1 Å². The molecule has 9 nitrogen and oxygen atoms in total. The number of carbonyl (C=O) groups is 2. The highest BCUT2D eigenvalue weighted by atomic mass is 19.1. The number of anilines is 1. The molecule has 2 amide bonds. The van der Waals surface area contributed by atoms with E-state index >= 15 is 0 Å². The van der Waals surface area contributed by atoms with Gasteiger partial charge < -0.3 is 14.8 Å². The smallest absolute Gasteiger partial charge is 0.249 e. The average molecular weight is 518 g/mol. The minimum Gasteiger partial charge on any atom is -0.454 e. The predicted molar refractivity (Wildman–Crippen MR) is 139 cm³/mol. The molecule has 5 rings (SSSR count). The third-order valence-electron chi connectivity index (χ3n) is 6.65. The molecule has 10 heteroatoms. The van der Waals surface area contributed by atoms with Crippen molar-refractivity contribution in [2.24, 2.45) is 0 Å². The fourth-order valence-corrected chi connectivity index (χ4v) is 4.26. The zero-order valence-corrected chi connectivity index (χ0v) is 21.3. The third-order valence-corrected chi connectivity index (χ3v) is 6.65. The van der Waals surface area contributed by atoms with E-state index in [1.54, 1.807) is 24.3 Å². The van der Waals surface area contributed by atoms with Gasteiger partial charge in [-0.05, 0) is 62.2 Å². The van der Waals surface area contributed by atoms with Crippen molar-refractivity contribution in [1.82, 2.24) is 20.3 Å². The molecule has 0 aliphatic carbocycles. The van der Waals surface area contributed by atoms with Crippen LogP contribution in [0.2, 0.25) is 0 Å². The predicted octanol–water partition coefficient (Wildman–Crippen LogP) is 4.38. The van der Waals surface area contributed by atoms with Crippen LogP contribution >= 0.6 is 0 Å². The number of rotatable bonds is 8. The zero-order chi connectivity index (χ0) is 26.9. The van der Waals surface area contributed by atoms with Crippen LogP contribution in [0, 0.1) is 5.82 Å². The highest BCUT2D eigenvalue weighted by Gasteiger charge is 2.36. The third kappa shape index (κ3) is 5.02. The van der Waals surface area contributed by atoms with E-state index in [9.17, 15) is 14.0 Å². The molecule has 3 aromatic carbocycles. The molecule has 1 aliphatic heterocycles. The molecule has 1 aliphatic rings. The Balaban J connectivity index is 1.61. The van der Waals surface area contributed by atoms with E-state index in [1.807, 2.05) is 39.0 Å². The van der Waals surface area contributed by atoms with Crippen LogP contribution in [0.15, 0.2) is 66.7 Å². The quantitative estimate of drug-likeness (QED) is 0.373. The number of hydrogen-bond donors (Lipinski definition) is 1. The van der Waals surface area contributed by atoms with Crippen LogP contribution in [0.3, 0.4) is 0 Å². The van der Waals surface area contributed by atoms with E-state index in [-0.39, 0.29) is 13.3 Å². The Kier molecular flexibility index (Phi) is 6.71. The molecule has 0 saturated carbocycles. The summed E-state index contributed by atoms with van der Waals surface area (Å²) < 4.78 is 26.4. The number of nitrogens with one attached hydrogen (secondary N) is 1. The van der Waals surface area contributed by atoms with Crippen molar-refractivity contribution < 1.29 is 23.5 Å². The van der Waals surface area contributed by atoms with Gasteiger partial charge in [-0.3, -0.25) is 14.5 Å². The van der Waals surface area contributed by atoms with E-state index in [2.05, 4.69) is 15.6 Å². The summed E-state index contributed by atoms with van der Waals surface area (Å²) >= 11 is 0. The molecule has 0 saturated heterocycles. The topological polar surface area (TPSA) is 98.6 Å². The van der Waals surface area contributed by atoms with Crippen LogP contribution in [0.25, 0.3) is 11.0 Å². The second kappa shape index (κ2) is 10.1. The van der Waals surface area contributed by atoms with Crippen molar-refractivity contribution in [3.05, 3.63) is 78.1 Å². The molecule has 196 valence electrons. The number of para-hydroxylation sites is 1. The number of aromatic nitrogens is 3. The normalized spacial score (nSPS) is 13.4. The average Bonchev–Trinajstić information content (AvgIpc) is 3.54. The molecule has 0 bridgehead atoms. The molecule has 1 aromatic heterocycles. The first-order valence-electron chi connectivity index (χ1n) is 12.3. The van der Waals surface area contributed by atoms with Gasteiger partial charge in [0, 0.05) is 17.3 Å². The molecule has 1 N–H and O–H groups in total. The molecular formula is C28H28FN5O4. The van der Waals surface area contributed by atoms with Crippen LogP contribution < -0.4 is 19.7 Å². The maximum atomic E-state index is 14.1. The zero-order valence-electron chi connectivity index (χ0n) is 21.3. The van der Waals surface area contributed by atoms with Gasteiger partial charge in [-0.25, -0.2) is 9.07 Å². The summed E-state index contributed by atoms with van der Waals surface area (Å²) in [7, 11) is 0. The monoisotopic (exact) mass is 517 g/mol. The number of benzene rings is 3. The Morgan fingerprint density at radius 1 is 1.08 bits per heavy atom. The first kappa shape index (κ1) is 25.2. The molecule has 0 radical (unpaired) electrons. The van der Waals surface area contributed by atoms with Gasteiger partial charge in [0.1, 0.15) is 23.9 Å². The van der Waals surface area contributed by atoms with E-state index in [4.69, 9.17) is 9.47 Å². The number of amides is 2. The lowest BCUT2D eigenvalue weighted by Gasteiger charge is -2.34. The van der Waals surface area contributed by atoms with Gasteiger partial charge in [-0.1, -0.05) is 36.4 Å². The van der Waals surface area contributed by atoms with Crippen LogP contribution in [0.5, 0.6) is 11.5 Å². The first-order valence-corrected chi connectivity index (χ1v) is 12.3. The summed E-state index contributed by atoms with van der Waals surface area (Å²) in [6.07, 6.45) is 0.664. The standard InChI is InChI=1S/C28H28FN5O4/c1-4-28(2,3)30-27(36)26(18-9-11-19(29)12-10-18)34(20-13-14-23-24(15-20)38-17-37-23)25(35)16-33-22-8-6-5-7-21(22)31-32-33/h5-15,26H,4,16-17H2,1-3H3,(H,30,36)/t26-/m0/s1. The number of fused-ring (bicyclic) bond motifs is 2. The van der Waals surface area contributed by atoms with Crippen LogP contribution in [-0.4, -0.2) is 39.1 Å². The summed E-state index contributed by atoms with van der Waals surface area (Å²) in [6, 6.07) is 16.8. The second-order valence-electron chi connectivity index (χ2n) is 9.72. The summed E-state index contributed by atoms with van der Waals surface area (Å²) in [4.78, 5) is 29.4. The van der Waals surface area contributed by atoms with Gasteiger partial charge in [0.15, 0.2) is 11.5 Å². The lowest BCUT2D eigenvalue weighted by Crippen LogP contribution is -2.51. The van der Waals surface area contributed by atoms with Gasteiger partial charge in [0.05, 0.1) is 5.52 Å². The van der Waals surface area contributed by atoms with E-state index < -0.39 is 29.2 Å². The molecule has 38 heavy (non-hydrogen) atoms. The Morgan fingerprint density at radius 2 is 1.82 bits per heavy atom. The largest absolute Gasteiger partial charge is 0.454 e. The van der Waals surface area contributed by atoms with E-state index in [1.165, 1.54) is 33.8 Å². The number of hydrogen-bond acceptors (Lipinski definition) is 6. The Bertz CT molecular complexity index is 1480. The van der Waals surface area contributed by atoms with Gasteiger partial charge in [0.25, 0.3) is 0 Å². The summed E-state index contributed by atoms with van der Waals surface area (Å²) in [5.41, 5.74) is 1.66. The molecule has 4 aromatic rings. The van der Waals surface area contributed by atoms with Crippen molar-refractivity contribution in [2.45, 2.75) is 45.3 Å². The minimum atomic E-state index is -1.11. The highest BCUT2D eigenvalue weighted by molar-refractivity contribution is 6.02. The van der Waals surface area contributed by atoms with E-state index in [0.717, 1.165) is 0 Å². The number of carbonyl (C=O) groups excluding carboxylic acids is 2. The SMILES string of the molecule is CCC(C)(C)NC(=O)[C@H](c1ccc(F)cc1)N(C(=O)Cn1nnc2ccccc21)c1ccc2c(c1)OCO2. The highest BCUT2D eigenvalue weighted by Crippen LogP contribution is 2.38. The summed E-state index contributed by atoms with van der Waals surface area (Å²) in [6.45, 7) is 5.65. The lowest BCUT2D eigenvalue weighted by molar-refractivity contribution is -0.128. The van der Waals surface area contributed by atoms with Crippen molar-refractivity contribution in [1.29, 1.82) is 0 Å². The van der Waals surface area contributed by atoms with Gasteiger partial charge in [0.2, 0.25) is 18.6 Å². The van der Waals surface area contributed by atoms with Crippen molar-refractivity contribution in [2.75, 3.05) is 11.7 Å². The molecule has 0 fully saturated rings. The van der Waals surface area contributed by atoms with Crippen molar-refractivity contribution in [3.8, 4) is 11.5 Å².